The lowest BCUT2D eigenvalue weighted by molar-refractivity contribution is -0.270. The van der Waals surface area contributed by atoms with Gasteiger partial charge in [0.25, 0.3) is 0 Å². The van der Waals surface area contributed by atoms with Gasteiger partial charge in [-0.3, -0.25) is 4.79 Å². The third-order valence-electron chi connectivity index (χ3n) is 2.97. The molecule has 100 valence electrons. The SMILES string of the molecule is CCN(C(C)=O)[C@@H]1[C@@H](O)[C@H](O)[C@@H](CO)O[C@H]1O. The van der Waals surface area contributed by atoms with Crippen LogP contribution in [-0.4, -0.2) is 75.0 Å². The van der Waals surface area contributed by atoms with Crippen LogP contribution in [0.4, 0.5) is 0 Å². The Balaban J connectivity index is 2.88. The number of aliphatic hydroxyl groups excluding tert-OH is 4. The molecule has 1 amide bonds. The van der Waals surface area contributed by atoms with E-state index in [0.29, 0.717) is 0 Å². The maximum Gasteiger partial charge on any atom is 0.219 e. The largest absolute Gasteiger partial charge is 0.394 e. The average Bonchev–Trinajstić information content (AvgIpc) is 2.28. The molecule has 0 spiro atoms. The standard InChI is InChI=1S/C10H19NO6/c1-3-11(5(2)13)7-9(15)8(14)6(4-12)17-10(7)16/h6-10,12,14-16H,3-4H2,1-2H3/t6-,7-,8-,9-,10-/m1/s1. The molecule has 0 aliphatic carbocycles. The summed E-state index contributed by atoms with van der Waals surface area (Å²) in [6, 6.07) is -1.03. The molecule has 1 aliphatic heterocycles. The first kappa shape index (κ1) is 14.3. The predicted octanol–water partition coefficient (Wildman–Crippen LogP) is -2.35. The van der Waals surface area contributed by atoms with Gasteiger partial charge in [-0.15, -0.1) is 0 Å². The number of hydrogen-bond acceptors (Lipinski definition) is 6. The van der Waals surface area contributed by atoms with Crippen LogP contribution in [0.2, 0.25) is 0 Å². The van der Waals surface area contributed by atoms with Crippen LogP contribution in [0.15, 0.2) is 0 Å². The van der Waals surface area contributed by atoms with Gasteiger partial charge in [-0.25, -0.2) is 0 Å². The fourth-order valence-electron chi connectivity index (χ4n) is 2.06. The zero-order valence-corrected chi connectivity index (χ0v) is 9.85. The molecule has 1 fully saturated rings. The highest BCUT2D eigenvalue weighted by Crippen LogP contribution is 2.23. The topological polar surface area (TPSA) is 110 Å². The van der Waals surface area contributed by atoms with E-state index in [0.717, 1.165) is 0 Å². The Labute approximate surface area is 99.2 Å². The maximum absolute atomic E-state index is 11.3. The molecule has 0 aromatic heterocycles. The zero-order chi connectivity index (χ0) is 13.2. The Morgan fingerprint density at radius 1 is 1.29 bits per heavy atom. The Morgan fingerprint density at radius 3 is 2.29 bits per heavy atom. The van der Waals surface area contributed by atoms with E-state index >= 15 is 0 Å². The lowest BCUT2D eigenvalue weighted by Gasteiger charge is -2.44. The van der Waals surface area contributed by atoms with E-state index in [4.69, 9.17) is 9.84 Å². The zero-order valence-electron chi connectivity index (χ0n) is 9.85. The lowest BCUT2D eigenvalue weighted by Crippen LogP contribution is -2.64. The molecule has 7 nitrogen and oxygen atoms in total. The van der Waals surface area contributed by atoms with Crippen LogP contribution in [0, 0.1) is 0 Å². The molecule has 5 atom stereocenters. The predicted molar refractivity (Wildman–Crippen MR) is 56.8 cm³/mol. The Hall–Kier alpha value is -0.730. The van der Waals surface area contributed by atoms with Gasteiger partial charge >= 0.3 is 0 Å². The molecule has 1 heterocycles. The number of ether oxygens (including phenoxy) is 1. The van der Waals surface area contributed by atoms with Crippen LogP contribution >= 0.6 is 0 Å². The first-order chi connectivity index (χ1) is 7.93. The minimum atomic E-state index is -1.44. The molecule has 0 bridgehead atoms. The number of likely N-dealkylation sites (N-methyl/N-ethyl adjacent to an activating group) is 1. The smallest absolute Gasteiger partial charge is 0.219 e. The van der Waals surface area contributed by atoms with Crippen molar-refractivity contribution in [3.05, 3.63) is 0 Å². The normalized spacial score (nSPS) is 37.9. The van der Waals surface area contributed by atoms with Crippen molar-refractivity contribution in [2.24, 2.45) is 0 Å². The van der Waals surface area contributed by atoms with Gasteiger partial charge in [0.1, 0.15) is 24.4 Å². The molecule has 0 radical (unpaired) electrons. The van der Waals surface area contributed by atoms with Gasteiger partial charge in [0, 0.05) is 13.5 Å². The quantitative estimate of drug-likeness (QED) is 0.446. The van der Waals surface area contributed by atoms with E-state index in [2.05, 4.69) is 0 Å². The van der Waals surface area contributed by atoms with Crippen LogP contribution < -0.4 is 0 Å². The molecular weight excluding hydrogens is 230 g/mol. The van der Waals surface area contributed by atoms with E-state index in [9.17, 15) is 20.1 Å². The van der Waals surface area contributed by atoms with Crippen molar-refractivity contribution in [1.29, 1.82) is 0 Å². The van der Waals surface area contributed by atoms with Crippen molar-refractivity contribution >= 4 is 5.91 Å². The van der Waals surface area contributed by atoms with E-state index in [1.54, 1.807) is 6.92 Å². The number of carbonyl (C=O) groups is 1. The van der Waals surface area contributed by atoms with Crippen LogP contribution in [0.1, 0.15) is 13.8 Å². The molecule has 0 unspecified atom stereocenters. The number of hydrogen-bond donors (Lipinski definition) is 4. The highest BCUT2D eigenvalue weighted by Gasteiger charge is 2.46. The molecule has 1 rings (SSSR count). The lowest BCUT2D eigenvalue weighted by atomic mass is 9.95. The Morgan fingerprint density at radius 2 is 1.88 bits per heavy atom. The number of rotatable bonds is 3. The Bertz CT molecular complexity index is 274. The van der Waals surface area contributed by atoms with Crippen LogP contribution in [0.3, 0.4) is 0 Å². The molecule has 0 saturated carbocycles. The van der Waals surface area contributed by atoms with E-state index in [1.165, 1.54) is 11.8 Å². The second-order valence-corrected chi connectivity index (χ2v) is 4.02. The summed E-state index contributed by atoms with van der Waals surface area (Å²) in [5.41, 5.74) is 0. The van der Waals surface area contributed by atoms with Crippen LogP contribution in [0.5, 0.6) is 0 Å². The summed E-state index contributed by atoms with van der Waals surface area (Å²) >= 11 is 0. The second kappa shape index (κ2) is 5.74. The summed E-state index contributed by atoms with van der Waals surface area (Å²) in [6.07, 6.45) is -5.20. The third-order valence-corrected chi connectivity index (χ3v) is 2.97. The van der Waals surface area contributed by atoms with Crippen molar-refractivity contribution in [3.63, 3.8) is 0 Å². The van der Waals surface area contributed by atoms with E-state index in [1.807, 2.05) is 0 Å². The van der Waals surface area contributed by atoms with Gasteiger partial charge in [-0.1, -0.05) is 0 Å². The summed E-state index contributed by atoms with van der Waals surface area (Å²) < 4.78 is 4.97. The molecular formula is C10H19NO6. The summed E-state index contributed by atoms with van der Waals surface area (Å²) in [6.45, 7) is 2.74. The Kier molecular flexibility index (Phi) is 4.84. The summed E-state index contributed by atoms with van der Waals surface area (Å²) in [7, 11) is 0. The molecule has 0 aromatic rings. The summed E-state index contributed by atoms with van der Waals surface area (Å²) in [5.74, 6) is -0.339. The maximum atomic E-state index is 11.3. The van der Waals surface area contributed by atoms with E-state index < -0.39 is 37.3 Å². The number of amides is 1. The van der Waals surface area contributed by atoms with Crippen molar-refractivity contribution < 1.29 is 30.0 Å². The van der Waals surface area contributed by atoms with Gasteiger partial charge in [-0.2, -0.15) is 0 Å². The van der Waals surface area contributed by atoms with Crippen molar-refractivity contribution in [2.45, 2.75) is 44.5 Å². The first-order valence-electron chi connectivity index (χ1n) is 5.51. The summed E-state index contributed by atoms with van der Waals surface area (Å²) in [5, 5.41) is 38.1. The van der Waals surface area contributed by atoms with Gasteiger partial charge in [0.15, 0.2) is 6.29 Å². The van der Waals surface area contributed by atoms with Crippen LogP contribution in [0.25, 0.3) is 0 Å². The molecule has 4 N–H and O–H groups in total. The highest BCUT2D eigenvalue weighted by molar-refractivity contribution is 5.73. The van der Waals surface area contributed by atoms with Gasteiger partial charge in [0.05, 0.1) is 6.61 Å². The van der Waals surface area contributed by atoms with Crippen molar-refractivity contribution in [3.8, 4) is 0 Å². The van der Waals surface area contributed by atoms with Gasteiger partial charge in [-0.05, 0) is 6.92 Å². The first-order valence-corrected chi connectivity index (χ1v) is 5.51. The molecule has 1 saturated heterocycles. The number of carbonyl (C=O) groups excluding carboxylic acids is 1. The van der Waals surface area contributed by atoms with E-state index in [-0.39, 0.29) is 12.5 Å². The molecule has 0 aromatic carbocycles. The van der Waals surface area contributed by atoms with Crippen molar-refractivity contribution in [1.82, 2.24) is 4.90 Å². The molecule has 7 heteroatoms. The number of nitrogens with zero attached hydrogens (tertiary/aromatic N) is 1. The monoisotopic (exact) mass is 249 g/mol. The minimum absolute atomic E-state index is 0.272. The third kappa shape index (κ3) is 2.75. The van der Waals surface area contributed by atoms with Crippen molar-refractivity contribution in [2.75, 3.05) is 13.2 Å². The number of aliphatic hydroxyl groups is 4. The average molecular weight is 249 g/mol. The highest BCUT2D eigenvalue weighted by atomic mass is 16.6. The summed E-state index contributed by atoms with van der Waals surface area (Å²) in [4.78, 5) is 12.6. The molecule has 17 heavy (non-hydrogen) atoms. The van der Waals surface area contributed by atoms with Gasteiger partial charge < -0.3 is 30.1 Å². The fraction of sp³-hybridized carbons (Fsp3) is 0.900. The fourth-order valence-corrected chi connectivity index (χ4v) is 2.06. The molecule has 1 aliphatic rings. The minimum Gasteiger partial charge on any atom is -0.394 e. The second-order valence-electron chi connectivity index (χ2n) is 4.02. The van der Waals surface area contributed by atoms with Crippen LogP contribution in [-0.2, 0) is 9.53 Å². The van der Waals surface area contributed by atoms with Gasteiger partial charge in [0.2, 0.25) is 5.91 Å².